The summed E-state index contributed by atoms with van der Waals surface area (Å²) in [6, 6.07) is 12.2. The van der Waals surface area contributed by atoms with Gasteiger partial charge in [-0.05, 0) is 49.6 Å². The first kappa shape index (κ1) is 23.8. The largest absolute Gasteiger partial charge is 0.497 e. The smallest absolute Gasteiger partial charge is 0.243 e. The van der Waals surface area contributed by atoms with Crippen LogP contribution in [0.15, 0.2) is 42.5 Å². The Morgan fingerprint density at radius 1 is 1.06 bits per heavy atom. The van der Waals surface area contributed by atoms with Crippen LogP contribution in [0.5, 0.6) is 17.2 Å². The fourth-order valence-corrected chi connectivity index (χ4v) is 4.98. The molecule has 0 unspecified atom stereocenters. The molecule has 2 heterocycles. The van der Waals surface area contributed by atoms with Gasteiger partial charge in [-0.15, -0.1) is 10.2 Å². The predicted molar refractivity (Wildman–Crippen MR) is 126 cm³/mol. The third-order valence-corrected chi connectivity index (χ3v) is 7.46. The van der Waals surface area contributed by atoms with Gasteiger partial charge in [0.1, 0.15) is 34.3 Å². The van der Waals surface area contributed by atoms with Crippen LogP contribution in [0.4, 0.5) is 5.95 Å². The molecule has 0 amide bonds. The van der Waals surface area contributed by atoms with Gasteiger partial charge in [-0.25, -0.2) is 8.42 Å². The van der Waals surface area contributed by atoms with Crippen LogP contribution in [0.2, 0.25) is 0 Å². The highest BCUT2D eigenvalue weighted by atomic mass is 32.2. The topological polar surface area (TPSA) is 114 Å². The van der Waals surface area contributed by atoms with E-state index in [4.69, 9.17) is 18.9 Å². The zero-order valence-corrected chi connectivity index (χ0v) is 20.3. The van der Waals surface area contributed by atoms with Crippen molar-refractivity contribution < 1.29 is 27.4 Å². The molecule has 0 radical (unpaired) electrons. The Morgan fingerprint density at radius 3 is 2.38 bits per heavy atom. The Hall–Kier alpha value is -3.31. The number of anilines is 1. The van der Waals surface area contributed by atoms with Crippen molar-refractivity contribution in [2.75, 3.05) is 32.7 Å². The van der Waals surface area contributed by atoms with E-state index < -0.39 is 15.3 Å². The van der Waals surface area contributed by atoms with Crippen molar-refractivity contribution in [2.24, 2.45) is 0 Å². The fraction of sp³-hybridized carbons (Fsp3) is 0.391. The summed E-state index contributed by atoms with van der Waals surface area (Å²) in [5, 5.41) is 7.60. The molecule has 0 saturated carbocycles. The van der Waals surface area contributed by atoms with Crippen molar-refractivity contribution in [1.82, 2.24) is 14.8 Å². The minimum absolute atomic E-state index is 0.0167. The van der Waals surface area contributed by atoms with Gasteiger partial charge in [0, 0.05) is 6.61 Å². The Labute approximate surface area is 198 Å². The summed E-state index contributed by atoms with van der Waals surface area (Å²) in [4.78, 5) is 0. The molecule has 0 spiro atoms. The van der Waals surface area contributed by atoms with Crippen molar-refractivity contribution >= 4 is 16.0 Å². The van der Waals surface area contributed by atoms with Crippen LogP contribution in [0.1, 0.15) is 42.5 Å². The van der Waals surface area contributed by atoms with E-state index in [1.165, 1.54) is 21.3 Å². The van der Waals surface area contributed by atoms with E-state index in [9.17, 15) is 8.42 Å². The zero-order valence-electron chi connectivity index (χ0n) is 19.5. The lowest BCUT2D eigenvalue weighted by Crippen LogP contribution is -2.22. The Morgan fingerprint density at radius 2 is 1.76 bits per heavy atom. The number of nitrogens with zero attached hydrogens (tertiary/aromatic N) is 3. The SMILES string of the molecule is COc1cccc([C@H](C)S(=O)(=O)Nc2nnc([C@@H]3CCCO3)n2-c2c(OC)cccc2OC)c1. The highest BCUT2D eigenvalue weighted by Gasteiger charge is 2.32. The van der Waals surface area contributed by atoms with Gasteiger partial charge in [-0.2, -0.15) is 0 Å². The van der Waals surface area contributed by atoms with E-state index >= 15 is 0 Å². The normalized spacial score (nSPS) is 16.8. The Kier molecular flexibility index (Phi) is 6.94. The van der Waals surface area contributed by atoms with E-state index in [1.807, 2.05) is 0 Å². The second kappa shape index (κ2) is 9.90. The summed E-state index contributed by atoms with van der Waals surface area (Å²) < 4.78 is 53.2. The van der Waals surface area contributed by atoms with Gasteiger partial charge in [0.25, 0.3) is 0 Å². The molecule has 1 aromatic heterocycles. The highest BCUT2D eigenvalue weighted by molar-refractivity contribution is 7.92. The average Bonchev–Trinajstić information content (AvgIpc) is 3.52. The van der Waals surface area contributed by atoms with Crippen LogP contribution in [0.25, 0.3) is 5.69 Å². The van der Waals surface area contributed by atoms with Crippen molar-refractivity contribution in [3.05, 3.63) is 53.9 Å². The molecule has 34 heavy (non-hydrogen) atoms. The Balaban J connectivity index is 1.80. The number of nitrogens with one attached hydrogen (secondary N) is 1. The minimum Gasteiger partial charge on any atom is -0.497 e. The van der Waals surface area contributed by atoms with Crippen LogP contribution >= 0.6 is 0 Å². The standard InChI is InChI=1S/C23H28N4O6S/c1-15(16-8-5-9-17(14-16)30-2)34(28,29)26-23-25-24-22(20-12-7-13-33-20)27(23)21-18(31-3)10-6-11-19(21)32-4/h5-6,8-11,14-15,20H,7,12-13H2,1-4H3,(H,25,26)/t15-,20-/m0/s1. The molecule has 4 rings (SSSR count). The highest BCUT2D eigenvalue weighted by Crippen LogP contribution is 2.39. The van der Waals surface area contributed by atoms with Gasteiger partial charge >= 0.3 is 0 Å². The van der Waals surface area contributed by atoms with E-state index in [2.05, 4.69) is 14.9 Å². The van der Waals surface area contributed by atoms with Crippen molar-refractivity contribution in [2.45, 2.75) is 31.1 Å². The van der Waals surface area contributed by atoms with Gasteiger partial charge in [0.15, 0.2) is 5.82 Å². The average molecular weight is 489 g/mol. The molecule has 3 aromatic rings. The molecule has 2 aromatic carbocycles. The zero-order chi connectivity index (χ0) is 24.3. The third-order valence-electron chi connectivity index (χ3n) is 5.79. The molecule has 0 aliphatic carbocycles. The van der Waals surface area contributed by atoms with Crippen molar-refractivity contribution in [1.29, 1.82) is 0 Å². The lowest BCUT2D eigenvalue weighted by molar-refractivity contribution is 0.103. The van der Waals surface area contributed by atoms with Crippen LogP contribution in [0, 0.1) is 0 Å². The number of hydrogen-bond donors (Lipinski definition) is 1. The van der Waals surface area contributed by atoms with Gasteiger partial charge in [-0.3, -0.25) is 9.29 Å². The van der Waals surface area contributed by atoms with Gasteiger partial charge < -0.3 is 18.9 Å². The van der Waals surface area contributed by atoms with Gasteiger partial charge in [0.2, 0.25) is 16.0 Å². The molecular formula is C23H28N4O6S. The first-order valence-electron chi connectivity index (χ1n) is 10.8. The first-order valence-corrected chi connectivity index (χ1v) is 12.4. The monoisotopic (exact) mass is 488 g/mol. The number of hydrogen-bond acceptors (Lipinski definition) is 8. The Bertz CT molecular complexity index is 1230. The molecule has 1 aliphatic heterocycles. The molecule has 2 atom stereocenters. The van der Waals surface area contributed by atoms with E-state index in [0.717, 1.165) is 12.8 Å². The molecule has 1 fully saturated rings. The predicted octanol–water partition coefficient (Wildman–Crippen LogP) is 3.65. The van der Waals surface area contributed by atoms with E-state index in [-0.39, 0.29) is 12.1 Å². The molecule has 1 aliphatic rings. The molecule has 0 bridgehead atoms. The number of sulfonamides is 1. The summed E-state index contributed by atoms with van der Waals surface area (Å²) in [6.07, 6.45) is 1.27. The first-order chi connectivity index (χ1) is 16.4. The lowest BCUT2D eigenvalue weighted by Gasteiger charge is -2.20. The summed E-state index contributed by atoms with van der Waals surface area (Å²) >= 11 is 0. The van der Waals surface area contributed by atoms with Crippen LogP contribution in [-0.2, 0) is 14.8 Å². The van der Waals surface area contributed by atoms with Crippen LogP contribution in [-0.4, -0.2) is 51.1 Å². The minimum atomic E-state index is -3.92. The fourth-order valence-electron chi connectivity index (χ4n) is 3.91. The number of ether oxygens (including phenoxy) is 4. The summed E-state index contributed by atoms with van der Waals surface area (Å²) in [6.45, 7) is 2.19. The maximum atomic E-state index is 13.4. The number of rotatable bonds is 9. The molecule has 1 saturated heterocycles. The van der Waals surface area contributed by atoms with Crippen LogP contribution < -0.4 is 18.9 Å². The van der Waals surface area contributed by atoms with Crippen molar-refractivity contribution in [3.63, 3.8) is 0 Å². The molecular weight excluding hydrogens is 460 g/mol. The van der Waals surface area contributed by atoms with E-state index in [0.29, 0.717) is 40.9 Å². The van der Waals surface area contributed by atoms with E-state index in [1.54, 1.807) is 54.0 Å². The maximum Gasteiger partial charge on any atom is 0.243 e. The van der Waals surface area contributed by atoms with Gasteiger partial charge in [0.05, 0.1) is 21.3 Å². The second-order valence-corrected chi connectivity index (χ2v) is 9.80. The quantitative estimate of drug-likeness (QED) is 0.486. The maximum absolute atomic E-state index is 13.4. The van der Waals surface area contributed by atoms with Gasteiger partial charge in [-0.1, -0.05) is 18.2 Å². The molecule has 182 valence electrons. The third kappa shape index (κ3) is 4.53. The number of methoxy groups -OCH3 is 3. The number of aromatic nitrogens is 3. The molecule has 1 N–H and O–H groups in total. The summed E-state index contributed by atoms with van der Waals surface area (Å²) in [7, 11) is 0.673. The second-order valence-electron chi connectivity index (χ2n) is 7.80. The summed E-state index contributed by atoms with van der Waals surface area (Å²) in [5.41, 5.74) is 1.06. The summed E-state index contributed by atoms with van der Waals surface area (Å²) in [5.74, 6) is 2.00. The molecule has 10 nitrogen and oxygen atoms in total. The molecule has 11 heteroatoms. The van der Waals surface area contributed by atoms with Crippen molar-refractivity contribution in [3.8, 4) is 22.9 Å². The number of benzene rings is 2. The lowest BCUT2D eigenvalue weighted by atomic mass is 10.1. The van der Waals surface area contributed by atoms with Crippen LogP contribution in [0.3, 0.4) is 0 Å². The number of para-hydroxylation sites is 1.